The lowest BCUT2D eigenvalue weighted by molar-refractivity contribution is 0.102. The molecule has 3 heteroatoms. The Hall–Kier alpha value is -1.37. The van der Waals surface area contributed by atoms with Gasteiger partial charge in [-0.3, -0.25) is 4.90 Å². The zero-order chi connectivity index (χ0) is 11.4. The number of rotatable bonds is 2. The Labute approximate surface area is 96.9 Å². The lowest BCUT2D eigenvalue weighted by Crippen LogP contribution is -2.46. The number of piperazine rings is 1. The Morgan fingerprint density at radius 1 is 1.31 bits per heavy atom. The SMILES string of the molecule is CN1CCN(CC#N)C(c2ccccc2)C1. The van der Waals surface area contributed by atoms with Crippen LogP contribution in [0, 0.1) is 11.3 Å². The van der Waals surface area contributed by atoms with Crippen LogP contribution in [0.25, 0.3) is 0 Å². The van der Waals surface area contributed by atoms with E-state index in [1.54, 1.807) is 0 Å². The monoisotopic (exact) mass is 215 g/mol. The van der Waals surface area contributed by atoms with E-state index < -0.39 is 0 Å². The molecule has 1 aromatic carbocycles. The topological polar surface area (TPSA) is 30.3 Å². The van der Waals surface area contributed by atoms with Gasteiger partial charge in [0, 0.05) is 25.7 Å². The van der Waals surface area contributed by atoms with Crippen molar-refractivity contribution in [1.29, 1.82) is 5.26 Å². The molecule has 0 aromatic heterocycles. The molecule has 2 rings (SSSR count). The van der Waals surface area contributed by atoms with Crippen LogP contribution in [0.5, 0.6) is 0 Å². The van der Waals surface area contributed by atoms with E-state index >= 15 is 0 Å². The highest BCUT2D eigenvalue weighted by molar-refractivity contribution is 5.20. The molecule has 1 fully saturated rings. The van der Waals surface area contributed by atoms with Gasteiger partial charge in [0.15, 0.2) is 0 Å². The van der Waals surface area contributed by atoms with Gasteiger partial charge in [-0.25, -0.2) is 0 Å². The fourth-order valence-electron chi connectivity index (χ4n) is 2.23. The molecular weight excluding hydrogens is 198 g/mol. The van der Waals surface area contributed by atoms with Gasteiger partial charge < -0.3 is 4.90 Å². The lowest BCUT2D eigenvalue weighted by atomic mass is 10.0. The van der Waals surface area contributed by atoms with Crippen LogP contribution in [0.4, 0.5) is 0 Å². The molecule has 3 nitrogen and oxygen atoms in total. The van der Waals surface area contributed by atoms with Crippen molar-refractivity contribution < 1.29 is 0 Å². The number of nitriles is 1. The molecule has 0 bridgehead atoms. The number of nitrogens with zero attached hydrogens (tertiary/aromatic N) is 3. The molecule has 1 aliphatic heterocycles. The molecule has 0 amide bonds. The molecule has 1 aliphatic rings. The maximum atomic E-state index is 8.84. The minimum Gasteiger partial charge on any atom is -0.303 e. The first-order valence-electron chi connectivity index (χ1n) is 5.66. The van der Waals surface area contributed by atoms with E-state index in [2.05, 4.69) is 47.2 Å². The molecule has 0 aliphatic carbocycles. The summed E-state index contributed by atoms with van der Waals surface area (Å²) in [5.74, 6) is 0. The van der Waals surface area contributed by atoms with Gasteiger partial charge >= 0.3 is 0 Å². The Kier molecular flexibility index (Phi) is 3.55. The van der Waals surface area contributed by atoms with E-state index in [-0.39, 0.29) is 0 Å². The average Bonchev–Trinajstić information content (AvgIpc) is 2.33. The number of likely N-dealkylation sites (N-methyl/N-ethyl adjacent to an activating group) is 1. The van der Waals surface area contributed by atoms with Gasteiger partial charge in [0.1, 0.15) is 0 Å². The van der Waals surface area contributed by atoms with Crippen LogP contribution < -0.4 is 0 Å². The fourth-order valence-corrected chi connectivity index (χ4v) is 2.23. The molecular formula is C13H17N3. The van der Waals surface area contributed by atoms with Gasteiger partial charge in [-0.15, -0.1) is 0 Å². The quantitative estimate of drug-likeness (QED) is 0.700. The van der Waals surface area contributed by atoms with Crippen LogP contribution in [-0.2, 0) is 0 Å². The van der Waals surface area contributed by atoms with E-state index in [1.807, 2.05) is 6.07 Å². The second-order valence-corrected chi connectivity index (χ2v) is 4.32. The third kappa shape index (κ3) is 2.41. The minimum absolute atomic E-state index is 0.361. The van der Waals surface area contributed by atoms with Crippen molar-refractivity contribution in [3.63, 3.8) is 0 Å². The summed E-state index contributed by atoms with van der Waals surface area (Å²) in [7, 11) is 2.14. The summed E-state index contributed by atoms with van der Waals surface area (Å²) in [5.41, 5.74) is 1.31. The summed E-state index contributed by atoms with van der Waals surface area (Å²) in [4.78, 5) is 4.58. The fraction of sp³-hybridized carbons (Fsp3) is 0.462. The molecule has 0 spiro atoms. The van der Waals surface area contributed by atoms with Crippen LogP contribution in [0.2, 0.25) is 0 Å². The average molecular weight is 215 g/mol. The van der Waals surface area contributed by atoms with Crippen LogP contribution in [-0.4, -0.2) is 43.0 Å². The lowest BCUT2D eigenvalue weighted by Gasteiger charge is -2.39. The van der Waals surface area contributed by atoms with E-state index in [0.717, 1.165) is 19.6 Å². The Morgan fingerprint density at radius 3 is 2.75 bits per heavy atom. The molecule has 1 atom stereocenters. The van der Waals surface area contributed by atoms with Crippen molar-refractivity contribution in [2.45, 2.75) is 6.04 Å². The van der Waals surface area contributed by atoms with Crippen LogP contribution in [0.3, 0.4) is 0 Å². The standard InChI is InChI=1S/C13H17N3/c1-15-9-10-16(8-7-14)13(11-15)12-5-3-2-4-6-12/h2-6,13H,8-11H2,1H3. The van der Waals surface area contributed by atoms with Crippen molar-refractivity contribution in [3.8, 4) is 6.07 Å². The van der Waals surface area contributed by atoms with E-state index in [1.165, 1.54) is 5.56 Å². The molecule has 1 saturated heterocycles. The van der Waals surface area contributed by atoms with Gasteiger partial charge in [-0.2, -0.15) is 5.26 Å². The van der Waals surface area contributed by atoms with Crippen molar-refractivity contribution in [2.24, 2.45) is 0 Å². The predicted octanol–water partition coefficient (Wildman–Crippen LogP) is 1.50. The first kappa shape index (κ1) is 11.1. The second-order valence-electron chi connectivity index (χ2n) is 4.32. The first-order chi connectivity index (χ1) is 7.81. The summed E-state index contributed by atoms with van der Waals surface area (Å²) in [5, 5.41) is 8.84. The zero-order valence-electron chi connectivity index (χ0n) is 9.63. The van der Waals surface area contributed by atoms with Crippen molar-refractivity contribution in [1.82, 2.24) is 9.80 Å². The normalized spacial score (nSPS) is 22.9. The van der Waals surface area contributed by atoms with E-state index in [9.17, 15) is 0 Å². The van der Waals surface area contributed by atoms with Crippen molar-refractivity contribution in [3.05, 3.63) is 35.9 Å². The summed E-state index contributed by atoms with van der Waals surface area (Å²) in [6.07, 6.45) is 0. The zero-order valence-corrected chi connectivity index (χ0v) is 9.63. The molecule has 1 aromatic rings. The molecule has 84 valence electrons. The van der Waals surface area contributed by atoms with Gasteiger partial charge in [-0.1, -0.05) is 30.3 Å². The van der Waals surface area contributed by atoms with Crippen molar-refractivity contribution in [2.75, 3.05) is 33.2 Å². The molecule has 16 heavy (non-hydrogen) atoms. The van der Waals surface area contributed by atoms with Gasteiger partial charge in [-0.05, 0) is 12.6 Å². The van der Waals surface area contributed by atoms with E-state index in [0.29, 0.717) is 12.6 Å². The Balaban J connectivity index is 2.18. The largest absolute Gasteiger partial charge is 0.303 e. The Bertz CT molecular complexity index is 369. The highest BCUT2D eigenvalue weighted by Crippen LogP contribution is 2.23. The number of hydrogen-bond donors (Lipinski definition) is 0. The Morgan fingerprint density at radius 2 is 2.06 bits per heavy atom. The van der Waals surface area contributed by atoms with Gasteiger partial charge in [0.05, 0.1) is 12.6 Å². The third-order valence-corrected chi connectivity index (χ3v) is 3.15. The minimum atomic E-state index is 0.361. The van der Waals surface area contributed by atoms with Crippen LogP contribution in [0.15, 0.2) is 30.3 Å². The van der Waals surface area contributed by atoms with Gasteiger partial charge in [0.25, 0.3) is 0 Å². The summed E-state index contributed by atoms with van der Waals surface area (Å²) in [6.45, 7) is 3.55. The summed E-state index contributed by atoms with van der Waals surface area (Å²) >= 11 is 0. The number of benzene rings is 1. The third-order valence-electron chi connectivity index (χ3n) is 3.15. The predicted molar refractivity (Wildman–Crippen MR) is 63.9 cm³/mol. The molecule has 0 saturated carbocycles. The van der Waals surface area contributed by atoms with Crippen molar-refractivity contribution >= 4 is 0 Å². The van der Waals surface area contributed by atoms with Crippen LogP contribution in [0.1, 0.15) is 11.6 Å². The summed E-state index contributed by atoms with van der Waals surface area (Å²) in [6, 6.07) is 13.1. The number of hydrogen-bond acceptors (Lipinski definition) is 3. The molecule has 1 unspecified atom stereocenters. The maximum Gasteiger partial charge on any atom is 0.0871 e. The highest BCUT2D eigenvalue weighted by atomic mass is 15.3. The molecule has 1 heterocycles. The molecule has 0 N–H and O–H groups in total. The maximum absolute atomic E-state index is 8.84. The van der Waals surface area contributed by atoms with E-state index in [4.69, 9.17) is 5.26 Å². The highest BCUT2D eigenvalue weighted by Gasteiger charge is 2.25. The van der Waals surface area contributed by atoms with Gasteiger partial charge in [0.2, 0.25) is 0 Å². The second kappa shape index (κ2) is 5.11. The first-order valence-corrected chi connectivity index (χ1v) is 5.66. The smallest absolute Gasteiger partial charge is 0.0871 e. The summed E-state index contributed by atoms with van der Waals surface area (Å²) < 4.78 is 0. The van der Waals surface area contributed by atoms with Crippen LogP contribution >= 0.6 is 0 Å². The molecule has 0 radical (unpaired) electrons.